The number of rotatable bonds is 2. The van der Waals surface area contributed by atoms with E-state index in [1.54, 1.807) is 0 Å². The molecule has 0 saturated heterocycles. The van der Waals surface area contributed by atoms with Gasteiger partial charge in [0.1, 0.15) is 0 Å². The first-order valence-electron chi connectivity index (χ1n) is 9.61. The summed E-state index contributed by atoms with van der Waals surface area (Å²) < 4.78 is 0. The molecule has 0 aliphatic rings. The molecule has 2 aromatic carbocycles. The molecule has 0 aliphatic heterocycles. The van der Waals surface area contributed by atoms with E-state index in [0.717, 1.165) is 6.42 Å². The summed E-state index contributed by atoms with van der Waals surface area (Å²) in [6, 6.07) is 20.0. The molecule has 26 heavy (non-hydrogen) atoms. The van der Waals surface area contributed by atoms with Crippen LogP contribution in [0, 0.1) is 17.4 Å². The maximum Gasteiger partial charge on any atom is 0 e. The van der Waals surface area contributed by atoms with Crippen molar-refractivity contribution >= 4 is 0 Å². The van der Waals surface area contributed by atoms with Gasteiger partial charge in [-0.1, -0.05) is 83.9 Å². The van der Waals surface area contributed by atoms with E-state index in [1.807, 2.05) is 39.8 Å². The molecule has 0 unspecified atom stereocenters. The van der Waals surface area contributed by atoms with Gasteiger partial charge >= 0.3 is 0 Å². The second kappa shape index (κ2) is 17.9. The van der Waals surface area contributed by atoms with Gasteiger partial charge in [-0.15, -0.1) is 5.56 Å². The van der Waals surface area contributed by atoms with Crippen LogP contribution in [0.4, 0.5) is 0 Å². The quantitative estimate of drug-likeness (QED) is 0.420. The summed E-state index contributed by atoms with van der Waals surface area (Å²) in [5.41, 5.74) is 4.32. The van der Waals surface area contributed by atoms with Crippen LogP contribution in [0.15, 0.2) is 48.5 Å². The minimum Gasteiger partial charge on any atom is -0.323 e. The fourth-order valence-electron chi connectivity index (χ4n) is 2.09. The third kappa shape index (κ3) is 15.8. The largest absolute Gasteiger partial charge is 0.323 e. The first kappa shape index (κ1) is 30.3. The van der Waals surface area contributed by atoms with Crippen LogP contribution in [-0.4, -0.2) is 0 Å². The maximum absolute atomic E-state index is 3.15. The van der Waals surface area contributed by atoms with Crippen molar-refractivity contribution < 1.29 is 32.7 Å². The summed E-state index contributed by atoms with van der Waals surface area (Å²) in [6.45, 7) is 21.1. The fraction of sp³-hybridized carbons (Fsp3) is 0.480. The molecule has 1 radical (unpaired) electrons. The van der Waals surface area contributed by atoms with Crippen LogP contribution in [0.3, 0.4) is 0 Å². The van der Waals surface area contributed by atoms with E-state index in [2.05, 4.69) is 84.0 Å². The van der Waals surface area contributed by atoms with E-state index in [4.69, 9.17) is 0 Å². The Bertz CT molecular complexity index is 519. The van der Waals surface area contributed by atoms with Gasteiger partial charge in [0.05, 0.1) is 0 Å². The topological polar surface area (TPSA) is 0 Å². The van der Waals surface area contributed by atoms with Crippen molar-refractivity contribution in [3.63, 3.8) is 0 Å². The first-order chi connectivity index (χ1) is 11.8. The Morgan fingerprint density at radius 2 is 1.35 bits per heavy atom. The normalized spacial score (nSPS) is 9.35. The van der Waals surface area contributed by atoms with Crippen LogP contribution in [0.2, 0.25) is 0 Å². The zero-order valence-electron chi connectivity index (χ0n) is 18.9. The number of hydrogen-bond donors (Lipinski definition) is 0. The van der Waals surface area contributed by atoms with Crippen molar-refractivity contribution in [1.82, 2.24) is 0 Å². The average molecular weight is 430 g/mol. The van der Waals surface area contributed by atoms with Crippen LogP contribution < -0.4 is 0 Å². The Labute approximate surface area is 190 Å². The van der Waals surface area contributed by atoms with E-state index >= 15 is 0 Å². The molecule has 0 heterocycles. The molecule has 1 heteroatoms. The number of benzene rings is 2. The Hall–Kier alpha value is -0.456. The maximum atomic E-state index is 3.15. The second-order valence-corrected chi connectivity index (χ2v) is 7.19. The second-order valence-electron chi connectivity index (χ2n) is 7.19. The van der Waals surface area contributed by atoms with Crippen LogP contribution >= 0.6 is 0 Å². The van der Waals surface area contributed by atoms with Gasteiger partial charge in [-0.2, -0.15) is 51.1 Å². The van der Waals surface area contributed by atoms with Gasteiger partial charge < -0.3 is 5.92 Å². The van der Waals surface area contributed by atoms with Gasteiger partial charge in [-0.25, -0.2) is 0 Å². The molecule has 0 N–H and O–H groups in total. The standard InChI is InChI=1S/C17H19.C4H9.2C2H6.Y/c1-17(2,3)13-15-11-7-8-12-16(15)14-9-5-4-6-10-14;1-4(2)3;2*1-2;/h4-5,7-12H,13H2,1-3H3;1-3H3;2*1-2H3;/q2*-1;;;. The Balaban J connectivity index is -0.000000511. The third-order valence-corrected chi connectivity index (χ3v) is 2.76. The van der Waals surface area contributed by atoms with Crippen molar-refractivity contribution in [3.05, 3.63) is 66.1 Å². The van der Waals surface area contributed by atoms with E-state index in [1.165, 1.54) is 22.6 Å². The zero-order valence-corrected chi connectivity index (χ0v) is 21.7. The van der Waals surface area contributed by atoms with Crippen molar-refractivity contribution in [2.75, 3.05) is 0 Å². The Kier molecular flexibility index (Phi) is 20.9. The molecular weight excluding hydrogens is 389 g/mol. The van der Waals surface area contributed by atoms with Crippen molar-refractivity contribution in [2.45, 2.75) is 75.7 Å². The van der Waals surface area contributed by atoms with Crippen molar-refractivity contribution in [1.29, 1.82) is 0 Å². The average Bonchev–Trinajstić information content (AvgIpc) is 2.58. The van der Waals surface area contributed by atoms with Crippen LogP contribution in [0.5, 0.6) is 0 Å². The molecule has 0 aliphatic carbocycles. The van der Waals surface area contributed by atoms with Crippen molar-refractivity contribution in [3.8, 4) is 11.1 Å². The molecule has 2 rings (SSSR count). The molecule has 0 nitrogen and oxygen atoms in total. The Morgan fingerprint density at radius 3 is 1.77 bits per heavy atom. The summed E-state index contributed by atoms with van der Waals surface area (Å²) in [5, 5.41) is 0. The third-order valence-electron chi connectivity index (χ3n) is 2.76. The van der Waals surface area contributed by atoms with Crippen molar-refractivity contribution in [2.24, 2.45) is 5.41 Å². The molecule has 0 bridgehead atoms. The van der Waals surface area contributed by atoms with Crippen LogP contribution in [0.25, 0.3) is 11.1 Å². The zero-order chi connectivity index (χ0) is 19.9. The summed E-state index contributed by atoms with van der Waals surface area (Å²) >= 11 is 0. The van der Waals surface area contributed by atoms with Crippen LogP contribution in [0.1, 0.15) is 74.8 Å². The van der Waals surface area contributed by atoms with E-state index in [9.17, 15) is 0 Å². The van der Waals surface area contributed by atoms with E-state index in [-0.39, 0.29) is 32.7 Å². The Morgan fingerprint density at radius 1 is 0.846 bits per heavy atom. The number of hydrogen-bond acceptors (Lipinski definition) is 0. The van der Waals surface area contributed by atoms with Gasteiger partial charge in [-0.05, 0) is 11.8 Å². The molecule has 145 valence electrons. The summed E-state index contributed by atoms with van der Waals surface area (Å²) in [6.07, 6.45) is 1.10. The van der Waals surface area contributed by atoms with Gasteiger partial charge in [0.15, 0.2) is 0 Å². The molecule has 0 spiro atoms. The molecule has 0 atom stereocenters. The predicted molar refractivity (Wildman–Crippen MR) is 117 cm³/mol. The van der Waals surface area contributed by atoms with Gasteiger partial charge in [0.25, 0.3) is 0 Å². The SMILES string of the molecule is CC.CC.CC(C)(C)Cc1ccccc1-c1c[c-]ccc1.C[C-](C)C.[Y]. The molecular formula is C25H40Y-2. The smallest absolute Gasteiger partial charge is 0 e. The van der Waals surface area contributed by atoms with Crippen LogP contribution in [-0.2, 0) is 39.1 Å². The fourth-order valence-corrected chi connectivity index (χ4v) is 2.09. The minimum absolute atomic E-state index is 0. The van der Waals surface area contributed by atoms with E-state index in [0.29, 0.717) is 5.41 Å². The molecule has 0 aromatic heterocycles. The molecule has 0 saturated carbocycles. The monoisotopic (exact) mass is 429 g/mol. The molecule has 2 aromatic rings. The van der Waals surface area contributed by atoms with Gasteiger partial charge in [0, 0.05) is 32.7 Å². The predicted octanol–water partition coefficient (Wildman–Crippen LogP) is 8.41. The summed E-state index contributed by atoms with van der Waals surface area (Å²) in [7, 11) is 0. The first-order valence-corrected chi connectivity index (χ1v) is 9.61. The molecule has 0 amide bonds. The summed E-state index contributed by atoms with van der Waals surface area (Å²) in [4.78, 5) is 0. The van der Waals surface area contributed by atoms with Gasteiger partial charge in [-0.3, -0.25) is 0 Å². The van der Waals surface area contributed by atoms with Gasteiger partial charge in [0.2, 0.25) is 0 Å². The summed E-state index contributed by atoms with van der Waals surface area (Å²) in [5.74, 6) is 1.42. The van der Waals surface area contributed by atoms with E-state index < -0.39 is 0 Å². The molecule has 0 fully saturated rings. The minimum atomic E-state index is 0.